The second kappa shape index (κ2) is 4.82. The fourth-order valence-corrected chi connectivity index (χ4v) is 1.72. The van der Waals surface area contributed by atoms with Gasteiger partial charge in [-0.1, -0.05) is 0 Å². The van der Waals surface area contributed by atoms with Gasteiger partial charge >= 0.3 is 0 Å². The van der Waals surface area contributed by atoms with Crippen LogP contribution >= 0.6 is 0 Å². The van der Waals surface area contributed by atoms with Crippen LogP contribution in [0.4, 0.5) is 0 Å². The fourth-order valence-electron chi connectivity index (χ4n) is 1.72. The molecule has 2 rings (SSSR count). The zero-order valence-corrected chi connectivity index (χ0v) is 9.14. The number of piperidine rings is 1. The summed E-state index contributed by atoms with van der Waals surface area (Å²) in [6.07, 6.45) is 4.05. The van der Waals surface area contributed by atoms with Gasteiger partial charge in [0.15, 0.2) is 0 Å². The van der Waals surface area contributed by atoms with E-state index in [0.717, 1.165) is 6.42 Å². The van der Waals surface area contributed by atoms with Crippen molar-refractivity contribution in [2.75, 3.05) is 6.54 Å². The molecule has 0 radical (unpaired) electrons. The van der Waals surface area contributed by atoms with Crippen molar-refractivity contribution in [2.24, 2.45) is 0 Å². The van der Waals surface area contributed by atoms with E-state index in [-0.39, 0.29) is 17.2 Å². The third-order valence-corrected chi connectivity index (χ3v) is 2.64. The number of carbonyl (C=O) groups is 2. The van der Waals surface area contributed by atoms with Crippen LogP contribution in [-0.2, 0) is 4.79 Å². The number of hydrogen-bond acceptors (Lipinski definition) is 4. The number of carbonyl (C=O) groups excluding carboxylic acids is 2. The fraction of sp³-hybridized carbons (Fsp3) is 0.364. The predicted octanol–water partition coefficient (Wildman–Crippen LogP) is -0.204. The van der Waals surface area contributed by atoms with Gasteiger partial charge in [-0.05, 0) is 18.9 Å². The van der Waals surface area contributed by atoms with E-state index >= 15 is 0 Å². The van der Waals surface area contributed by atoms with Gasteiger partial charge in [-0.2, -0.15) is 0 Å². The predicted molar refractivity (Wildman–Crippen MR) is 59.4 cm³/mol. The zero-order chi connectivity index (χ0) is 12.3. The highest BCUT2D eigenvalue weighted by Gasteiger charge is 2.24. The van der Waals surface area contributed by atoms with Crippen molar-refractivity contribution in [1.82, 2.24) is 15.6 Å². The van der Waals surface area contributed by atoms with Gasteiger partial charge in [0.1, 0.15) is 11.8 Å². The van der Waals surface area contributed by atoms with Crippen LogP contribution < -0.4 is 10.6 Å². The molecule has 1 aromatic rings. The van der Waals surface area contributed by atoms with Gasteiger partial charge in [-0.3, -0.25) is 14.6 Å². The number of nitrogens with zero attached hydrogens (tertiary/aromatic N) is 1. The minimum Gasteiger partial charge on any atom is -0.505 e. The highest BCUT2D eigenvalue weighted by atomic mass is 16.3. The zero-order valence-electron chi connectivity index (χ0n) is 9.14. The Labute approximate surface area is 98.1 Å². The lowest BCUT2D eigenvalue weighted by atomic mass is 10.1. The van der Waals surface area contributed by atoms with Crippen LogP contribution in [0.3, 0.4) is 0 Å². The second-order valence-corrected chi connectivity index (χ2v) is 3.85. The molecule has 0 bridgehead atoms. The van der Waals surface area contributed by atoms with E-state index in [0.29, 0.717) is 13.0 Å². The molecule has 17 heavy (non-hydrogen) atoms. The van der Waals surface area contributed by atoms with E-state index in [2.05, 4.69) is 15.6 Å². The third-order valence-electron chi connectivity index (χ3n) is 2.64. The summed E-state index contributed by atoms with van der Waals surface area (Å²) >= 11 is 0. The smallest absolute Gasteiger partial charge is 0.255 e. The normalized spacial score (nSPS) is 19.5. The standard InChI is InChI=1S/C11H13N3O3/c15-9-6-12-5-3-7(9)10(16)14-8-2-1-4-13-11(8)17/h3,5-6,8,15H,1-2,4H2,(H,13,17)(H,14,16). The Morgan fingerprint density at radius 2 is 2.41 bits per heavy atom. The molecule has 1 unspecified atom stereocenters. The molecule has 1 aliphatic rings. The lowest BCUT2D eigenvalue weighted by Gasteiger charge is -2.22. The maximum absolute atomic E-state index is 11.8. The van der Waals surface area contributed by atoms with E-state index in [1.54, 1.807) is 0 Å². The van der Waals surface area contributed by atoms with E-state index in [1.807, 2.05) is 0 Å². The van der Waals surface area contributed by atoms with Gasteiger partial charge in [0.25, 0.3) is 5.91 Å². The molecule has 90 valence electrons. The van der Waals surface area contributed by atoms with Gasteiger partial charge in [0.2, 0.25) is 5.91 Å². The molecule has 6 nitrogen and oxygen atoms in total. The summed E-state index contributed by atoms with van der Waals surface area (Å²) in [5.41, 5.74) is 0.123. The molecular weight excluding hydrogens is 222 g/mol. The number of nitrogens with one attached hydrogen (secondary N) is 2. The highest BCUT2D eigenvalue weighted by molar-refractivity contribution is 5.99. The molecule has 1 atom stereocenters. The minimum atomic E-state index is -0.524. The Bertz CT molecular complexity index is 447. The van der Waals surface area contributed by atoms with E-state index in [1.165, 1.54) is 18.5 Å². The molecule has 1 aliphatic heterocycles. The SMILES string of the molecule is O=C(NC1CCCNC1=O)c1ccncc1O. The van der Waals surface area contributed by atoms with Crippen LogP contribution in [-0.4, -0.2) is 34.5 Å². The molecule has 2 amide bonds. The molecule has 1 saturated heterocycles. The van der Waals surface area contributed by atoms with Gasteiger partial charge in [0.05, 0.1) is 11.8 Å². The Morgan fingerprint density at radius 1 is 1.59 bits per heavy atom. The number of pyridine rings is 1. The van der Waals surface area contributed by atoms with Crippen molar-refractivity contribution in [2.45, 2.75) is 18.9 Å². The molecule has 3 N–H and O–H groups in total. The van der Waals surface area contributed by atoms with E-state index in [4.69, 9.17) is 0 Å². The molecule has 6 heteroatoms. The largest absolute Gasteiger partial charge is 0.505 e. The van der Waals surface area contributed by atoms with Crippen molar-refractivity contribution in [3.63, 3.8) is 0 Å². The first-order valence-electron chi connectivity index (χ1n) is 5.40. The van der Waals surface area contributed by atoms with Gasteiger partial charge < -0.3 is 15.7 Å². The van der Waals surface area contributed by atoms with Crippen molar-refractivity contribution in [1.29, 1.82) is 0 Å². The minimum absolute atomic E-state index is 0.123. The monoisotopic (exact) mass is 235 g/mol. The molecule has 0 aromatic carbocycles. The van der Waals surface area contributed by atoms with Crippen LogP contribution in [0.15, 0.2) is 18.5 Å². The molecule has 0 aliphatic carbocycles. The topological polar surface area (TPSA) is 91.3 Å². The average molecular weight is 235 g/mol. The molecule has 1 aromatic heterocycles. The average Bonchev–Trinajstić information content (AvgIpc) is 2.32. The number of aromatic hydroxyl groups is 1. The Hall–Kier alpha value is -2.11. The highest BCUT2D eigenvalue weighted by Crippen LogP contribution is 2.14. The molecule has 2 heterocycles. The van der Waals surface area contributed by atoms with Crippen molar-refractivity contribution in [3.8, 4) is 5.75 Å². The van der Waals surface area contributed by atoms with Gasteiger partial charge in [-0.15, -0.1) is 0 Å². The van der Waals surface area contributed by atoms with Crippen molar-refractivity contribution in [3.05, 3.63) is 24.0 Å². The van der Waals surface area contributed by atoms with Crippen molar-refractivity contribution >= 4 is 11.8 Å². The molecule has 0 spiro atoms. The Kier molecular flexibility index (Phi) is 3.22. The molecular formula is C11H13N3O3. The molecule has 0 saturated carbocycles. The van der Waals surface area contributed by atoms with Crippen LogP contribution in [0.25, 0.3) is 0 Å². The Balaban J connectivity index is 2.06. The first-order valence-corrected chi connectivity index (χ1v) is 5.40. The summed E-state index contributed by atoms with van der Waals surface area (Å²) in [7, 11) is 0. The van der Waals surface area contributed by atoms with Crippen LogP contribution in [0.2, 0.25) is 0 Å². The summed E-state index contributed by atoms with van der Waals surface area (Å²) in [5.74, 6) is -0.841. The van der Waals surface area contributed by atoms with Crippen LogP contribution in [0.5, 0.6) is 5.75 Å². The first kappa shape index (κ1) is 11.4. The van der Waals surface area contributed by atoms with Crippen LogP contribution in [0.1, 0.15) is 23.2 Å². The van der Waals surface area contributed by atoms with Gasteiger partial charge in [0, 0.05) is 12.7 Å². The first-order chi connectivity index (χ1) is 8.18. The maximum Gasteiger partial charge on any atom is 0.255 e. The number of hydrogen-bond donors (Lipinski definition) is 3. The number of rotatable bonds is 2. The summed E-state index contributed by atoms with van der Waals surface area (Å²) in [4.78, 5) is 26.9. The summed E-state index contributed by atoms with van der Waals surface area (Å²) < 4.78 is 0. The summed E-state index contributed by atoms with van der Waals surface area (Å²) in [6.45, 7) is 0.645. The van der Waals surface area contributed by atoms with Crippen molar-refractivity contribution < 1.29 is 14.7 Å². The van der Waals surface area contributed by atoms with E-state index in [9.17, 15) is 14.7 Å². The van der Waals surface area contributed by atoms with Crippen LogP contribution in [0, 0.1) is 0 Å². The lowest BCUT2D eigenvalue weighted by molar-refractivity contribution is -0.124. The third kappa shape index (κ3) is 2.52. The Morgan fingerprint density at radius 3 is 3.12 bits per heavy atom. The quantitative estimate of drug-likeness (QED) is 0.661. The number of aromatic nitrogens is 1. The maximum atomic E-state index is 11.8. The summed E-state index contributed by atoms with van der Waals surface area (Å²) in [5, 5.41) is 14.7. The lowest BCUT2D eigenvalue weighted by Crippen LogP contribution is -2.50. The summed E-state index contributed by atoms with van der Waals surface area (Å²) in [6, 6.07) is 0.884. The van der Waals surface area contributed by atoms with Gasteiger partial charge in [-0.25, -0.2) is 0 Å². The second-order valence-electron chi connectivity index (χ2n) is 3.85. The van der Waals surface area contributed by atoms with E-state index < -0.39 is 11.9 Å². The number of amides is 2. The molecule has 1 fully saturated rings.